The fourth-order valence-electron chi connectivity index (χ4n) is 4.05. The lowest BCUT2D eigenvalue weighted by Crippen LogP contribution is -2.52. The summed E-state index contributed by atoms with van der Waals surface area (Å²) in [4.78, 5) is 28.5. The molecule has 0 spiro atoms. The van der Waals surface area contributed by atoms with Crippen LogP contribution in [0.4, 0.5) is 5.69 Å². The van der Waals surface area contributed by atoms with E-state index in [2.05, 4.69) is 5.32 Å². The minimum Gasteiger partial charge on any atom is -0.497 e. The molecule has 0 bridgehead atoms. The van der Waals surface area contributed by atoms with E-state index < -0.39 is 28.5 Å². The molecule has 39 heavy (non-hydrogen) atoms. The Morgan fingerprint density at radius 3 is 2.21 bits per heavy atom. The van der Waals surface area contributed by atoms with Gasteiger partial charge >= 0.3 is 0 Å². The van der Waals surface area contributed by atoms with Crippen molar-refractivity contribution in [2.24, 2.45) is 0 Å². The third-order valence-corrected chi connectivity index (χ3v) is 8.36. The van der Waals surface area contributed by atoms with E-state index in [0.717, 1.165) is 21.9 Å². The molecule has 0 aliphatic heterocycles. The Kier molecular flexibility index (Phi) is 10.1. The van der Waals surface area contributed by atoms with Crippen molar-refractivity contribution in [2.75, 3.05) is 18.0 Å². The molecular formula is C30H37N3O5S. The molecule has 9 heteroatoms. The number of hydrogen-bond donors (Lipinski definition) is 1. The van der Waals surface area contributed by atoms with Gasteiger partial charge in [0.05, 0.1) is 17.7 Å². The first kappa shape index (κ1) is 29.7. The Labute approximate surface area is 231 Å². The van der Waals surface area contributed by atoms with Crippen LogP contribution in [0.15, 0.2) is 83.8 Å². The zero-order valence-corrected chi connectivity index (χ0v) is 23.9. The van der Waals surface area contributed by atoms with E-state index in [1.165, 1.54) is 24.1 Å². The molecule has 0 fully saturated rings. The summed E-state index contributed by atoms with van der Waals surface area (Å²) in [6.07, 6.45) is 0.742. The number of hydrogen-bond acceptors (Lipinski definition) is 5. The molecule has 0 aliphatic carbocycles. The van der Waals surface area contributed by atoms with Crippen LogP contribution in [-0.2, 0) is 26.2 Å². The smallest absolute Gasteiger partial charge is 0.264 e. The number of benzene rings is 3. The van der Waals surface area contributed by atoms with Gasteiger partial charge in [0, 0.05) is 12.6 Å². The Bertz CT molecular complexity index is 1360. The van der Waals surface area contributed by atoms with Gasteiger partial charge in [-0.15, -0.1) is 0 Å². The van der Waals surface area contributed by atoms with Crippen LogP contribution >= 0.6 is 0 Å². The molecule has 3 aromatic carbocycles. The Hall–Kier alpha value is -3.85. The highest BCUT2D eigenvalue weighted by atomic mass is 32.2. The van der Waals surface area contributed by atoms with Crippen LogP contribution in [0, 0.1) is 6.92 Å². The van der Waals surface area contributed by atoms with Crippen molar-refractivity contribution < 1.29 is 22.7 Å². The normalized spacial score (nSPS) is 12.7. The van der Waals surface area contributed by atoms with Crippen LogP contribution < -0.4 is 14.4 Å². The molecule has 3 rings (SSSR count). The number of methoxy groups -OCH3 is 1. The zero-order valence-electron chi connectivity index (χ0n) is 23.1. The molecule has 2 amide bonds. The molecule has 3 aromatic rings. The summed E-state index contributed by atoms with van der Waals surface area (Å²) >= 11 is 0. The third-order valence-electron chi connectivity index (χ3n) is 6.57. The monoisotopic (exact) mass is 551 g/mol. The van der Waals surface area contributed by atoms with E-state index in [1.807, 2.05) is 45.0 Å². The predicted octanol–water partition coefficient (Wildman–Crippen LogP) is 4.53. The summed E-state index contributed by atoms with van der Waals surface area (Å²) in [5.74, 6) is -0.277. The molecule has 2 atom stereocenters. The van der Waals surface area contributed by atoms with E-state index in [0.29, 0.717) is 11.4 Å². The van der Waals surface area contributed by atoms with Crippen molar-refractivity contribution in [3.05, 3.63) is 90.0 Å². The quantitative estimate of drug-likeness (QED) is 0.357. The van der Waals surface area contributed by atoms with E-state index in [9.17, 15) is 18.0 Å². The number of nitrogens with zero attached hydrogens (tertiary/aromatic N) is 2. The summed E-state index contributed by atoms with van der Waals surface area (Å²) < 4.78 is 33.9. The predicted molar refractivity (Wildman–Crippen MR) is 153 cm³/mol. The van der Waals surface area contributed by atoms with Gasteiger partial charge in [-0.05, 0) is 69.2 Å². The molecule has 1 N–H and O–H groups in total. The minimum absolute atomic E-state index is 0.0211. The van der Waals surface area contributed by atoms with Crippen LogP contribution in [-0.4, -0.2) is 50.9 Å². The molecule has 0 heterocycles. The molecule has 0 unspecified atom stereocenters. The van der Waals surface area contributed by atoms with Crippen LogP contribution in [0.3, 0.4) is 0 Å². The van der Waals surface area contributed by atoms with E-state index >= 15 is 0 Å². The Morgan fingerprint density at radius 1 is 0.949 bits per heavy atom. The van der Waals surface area contributed by atoms with Gasteiger partial charge in [0.15, 0.2) is 0 Å². The first-order chi connectivity index (χ1) is 18.6. The topological polar surface area (TPSA) is 96.0 Å². The fourth-order valence-corrected chi connectivity index (χ4v) is 5.47. The van der Waals surface area contributed by atoms with Crippen molar-refractivity contribution in [2.45, 2.75) is 57.6 Å². The van der Waals surface area contributed by atoms with Gasteiger partial charge in [0.1, 0.15) is 18.3 Å². The minimum atomic E-state index is -4.13. The number of carbonyl (C=O) groups is 2. The summed E-state index contributed by atoms with van der Waals surface area (Å²) in [5, 5.41) is 2.94. The van der Waals surface area contributed by atoms with Gasteiger partial charge in [0.25, 0.3) is 10.0 Å². The highest BCUT2D eigenvalue weighted by Crippen LogP contribution is 2.26. The third kappa shape index (κ3) is 7.60. The number of ether oxygens (including phenoxy) is 1. The number of anilines is 1. The SMILES string of the molecule is CC[C@H](C)NC(=O)[C@@H](C)N(Cc1cccc(C)c1)C(=O)CN(c1ccccc1)S(=O)(=O)c1ccc(OC)cc1. The summed E-state index contributed by atoms with van der Waals surface area (Å²) in [5.41, 5.74) is 2.20. The van der Waals surface area contributed by atoms with Crippen LogP contribution in [0.2, 0.25) is 0 Å². The average Bonchev–Trinajstić information content (AvgIpc) is 2.94. The number of carbonyl (C=O) groups excluding carboxylic acids is 2. The zero-order chi connectivity index (χ0) is 28.6. The maximum Gasteiger partial charge on any atom is 0.264 e. The fraction of sp³-hybridized carbons (Fsp3) is 0.333. The average molecular weight is 552 g/mol. The molecule has 208 valence electrons. The van der Waals surface area contributed by atoms with Crippen LogP contribution in [0.25, 0.3) is 0 Å². The molecule has 0 radical (unpaired) electrons. The second kappa shape index (κ2) is 13.3. The van der Waals surface area contributed by atoms with Crippen molar-refractivity contribution in [3.63, 3.8) is 0 Å². The number of aryl methyl sites for hydroxylation is 1. The largest absolute Gasteiger partial charge is 0.497 e. The lowest BCUT2D eigenvalue weighted by Gasteiger charge is -2.32. The van der Waals surface area contributed by atoms with E-state index in [4.69, 9.17) is 4.74 Å². The summed E-state index contributed by atoms with van der Waals surface area (Å²) in [6, 6.07) is 21.3. The van der Waals surface area contributed by atoms with Gasteiger partial charge in [-0.2, -0.15) is 0 Å². The molecule has 0 saturated heterocycles. The highest BCUT2D eigenvalue weighted by Gasteiger charge is 2.32. The molecule has 0 aliphatic rings. The summed E-state index contributed by atoms with van der Waals surface area (Å²) in [7, 11) is -2.63. The standard InChI is InChI=1S/C30H37N3O5S/c1-6-23(3)31-30(35)24(4)32(20-25-12-10-11-22(2)19-25)29(34)21-33(26-13-8-7-9-14-26)39(36,37)28-17-15-27(38-5)16-18-28/h7-19,23-24H,6,20-21H2,1-5H3,(H,31,35)/t23-,24+/m0/s1. The van der Waals surface area contributed by atoms with Crippen molar-refractivity contribution >= 4 is 27.5 Å². The maximum atomic E-state index is 13.9. The van der Waals surface area contributed by atoms with E-state index in [-0.39, 0.29) is 23.4 Å². The van der Waals surface area contributed by atoms with Crippen LogP contribution in [0.1, 0.15) is 38.3 Å². The molecule has 8 nitrogen and oxygen atoms in total. The van der Waals surface area contributed by atoms with Gasteiger partial charge in [-0.25, -0.2) is 8.42 Å². The number of amides is 2. The van der Waals surface area contributed by atoms with Gasteiger partial charge in [-0.3, -0.25) is 13.9 Å². The Balaban J connectivity index is 2.00. The van der Waals surface area contributed by atoms with Gasteiger partial charge < -0.3 is 15.0 Å². The van der Waals surface area contributed by atoms with Crippen molar-refractivity contribution in [3.8, 4) is 5.75 Å². The van der Waals surface area contributed by atoms with Gasteiger partial charge in [0.2, 0.25) is 11.8 Å². The number of sulfonamides is 1. The highest BCUT2D eigenvalue weighted by molar-refractivity contribution is 7.92. The van der Waals surface area contributed by atoms with Crippen molar-refractivity contribution in [1.82, 2.24) is 10.2 Å². The lowest BCUT2D eigenvalue weighted by molar-refractivity contribution is -0.139. The molecular weight excluding hydrogens is 514 g/mol. The van der Waals surface area contributed by atoms with Gasteiger partial charge in [-0.1, -0.05) is 55.0 Å². The first-order valence-electron chi connectivity index (χ1n) is 12.9. The number of para-hydroxylation sites is 1. The number of nitrogens with one attached hydrogen (secondary N) is 1. The van der Waals surface area contributed by atoms with E-state index in [1.54, 1.807) is 49.4 Å². The first-order valence-corrected chi connectivity index (χ1v) is 14.4. The Morgan fingerprint density at radius 2 is 1.62 bits per heavy atom. The molecule has 0 saturated carbocycles. The maximum absolute atomic E-state index is 13.9. The number of rotatable bonds is 12. The summed E-state index contributed by atoms with van der Waals surface area (Å²) in [6.45, 7) is 7.15. The lowest BCUT2D eigenvalue weighted by atomic mass is 10.1. The van der Waals surface area contributed by atoms with Crippen LogP contribution in [0.5, 0.6) is 5.75 Å². The second-order valence-corrected chi connectivity index (χ2v) is 11.4. The molecule has 0 aromatic heterocycles. The van der Waals surface area contributed by atoms with Crippen molar-refractivity contribution in [1.29, 1.82) is 0 Å². The second-order valence-electron chi connectivity index (χ2n) is 9.53.